The van der Waals surface area contributed by atoms with Gasteiger partial charge in [0, 0.05) is 12.0 Å². The van der Waals surface area contributed by atoms with Crippen LogP contribution in [0.25, 0.3) is 0 Å². The summed E-state index contributed by atoms with van der Waals surface area (Å²) in [6.07, 6.45) is 2.84. The highest BCUT2D eigenvalue weighted by Crippen LogP contribution is 2.14. The molecule has 0 aromatic carbocycles. The maximum atomic E-state index is 7.89. The van der Waals surface area contributed by atoms with E-state index in [1.807, 2.05) is 12.1 Å². The standard InChI is InChI=1S/C4H3N/c5-3-4-1-2-4/h1H,2H2. The second kappa shape index (κ2) is 0.587. The predicted octanol–water partition coefficient (Wildman–Crippen LogP) is 0.840. The van der Waals surface area contributed by atoms with E-state index in [1.165, 1.54) is 0 Å². The Morgan fingerprint density at radius 3 is 2.60 bits per heavy atom. The van der Waals surface area contributed by atoms with Gasteiger partial charge in [-0.2, -0.15) is 5.26 Å². The zero-order valence-corrected chi connectivity index (χ0v) is 2.73. The second-order valence-corrected chi connectivity index (χ2v) is 1.05. The monoisotopic (exact) mass is 65.0 g/mol. The van der Waals surface area contributed by atoms with Gasteiger partial charge in [0.2, 0.25) is 0 Å². The van der Waals surface area contributed by atoms with Crippen LogP contribution in [0.15, 0.2) is 11.6 Å². The molecule has 0 heterocycles. The lowest BCUT2D eigenvalue weighted by atomic mass is 10.6. The molecule has 1 rings (SSSR count). The summed E-state index contributed by atoms with van der Waals surface area (Å²) in [6.45, 7) is 0. The minimum atomic E-state index is 0.935. The van der Waals surface area contributed by atoms with Gasteiger partial charge >= 0.3 is 0 Å². The predicted molar refractivity (Wildman–Crippen MR) is 18.3 cm³/mol. The fourth-order valence-corrected chi connectivity index (χ4v) is 0.142. The van der Waals surface area contributed by atoms with Gasteiger partial charge < -0.3 is 0 Å². The van der Waals surface area contributed by atoms with Crippen molar-refractivity contribution in [1.82, 2.24) is 0 Å². The van der Waals surface area contributed by atoms with Crippen molar-refractivity contribution in [1.29, 1.82) is 5.26 Å². The molecule has 0 saturated heterocycles. The average Bonchev–Trinajstić information content (AvgIpc) is 2.12. The summed E-state index contributed by atoms with van der Waals surface area (Å²) in [5.41, 5.74) is 0.935. The maximum Gasteiger partial charge on any atom is 0.0947 e. The van der Waals surface area contributed by atoms with Gasteiger partial charge in [-0.3, -0.25) is 0 Å². The molecule has 0 aliphatic heterocycles. The van der Waals surface area contributed by atoms with Gasteiger partial charge in [-0.1, -0.05) is 6.08 Å². The van der Waals surface area contributed by atoms with Crippen LogP contribution in [-0.4, -0.2) is 0 Å². The molecular formula is C4H3N. The first-order valence-electron chi connectivity index (χ1n) is 1.52. The third-order valence-corrected chi connectivity index (χ3v) is 0.552. The van der Waals surface area contributed by atoms with Crippen LogP contribution in [0.4, 0.5) is 0 Å². The molecule has 1 aliphatic carbocycles. The molecule has 0 amide bonds. The van der Waals surface area contributed by atoms with E-state index in [-0.39, 0.29) is 0 Å². The van der Waals surface area contributed by atoms with E-state index in [4.69, 9.17) is 5.26 Å². The molecular weight excluding hydrogens is 62.1 g/mol. The van der Waals surface area contributed by atoms with Crippen molar-refractivity contribution in [2.24, 2.45) is 0 Å². The fraction of sp³-hybridized carbons (Fsp3) is 0.250. The number of allylic oxidation sites excluding steroid dienone is 2. The lowest BCUT2D eigenvalue weighted by molar-refractivity contribution is 1.48. The second-order valence-electron chi connectivity index (χ2n) is 1.05. The Morgan fingerprint density at radius 2 is 2.60 bits per heavy atom. The smallest absolute Gasteiger partial charge is 0.0947 e. The van der Waals surface area contributed by atoms with Crippen molar-refractivity contribution in [3.8, 4) is 6.07 Å². The Bertz CT molecular complexity index is 105. The van der Waals surface area contributed by atoms with Gasteiger partial charge in [-0.05, 0) is 0 Å². The molecule has 1 heteroatoms. The number of nitrogens with zero attached hydrogens (tertiary/aromatic N) is 1. The normalized spacial score (nSPS) is 16.2. The Labute approximate surface area is 30.5 Å². The van der Waals surface area contributed by atoms with Gasteiger partial charge in [0.15, 0.2) is 0 Å². The van der Waals surface area contributed by atoms with Gasteiger partial charge in [0.05, 0.1) is 6.07 Å². The molecule has 0 bridgehead atoms. The summed E-state index contributed by atoms with van der Waals surface area (Å²) in [6, 6.07) is 2.00. The van der Waals surface area contributed by atoms with Crippen molar-refractivity contribution >= 4 is 0 Å². The first-order chi connectivity index (χ1) is 2.43. The minimum absolute atomic E-state index is 0.935. The van der Waals surface area contributed by atoms with E-state index in [9.17, 15) is 0 Å². The molecule has 0 unspecified atom stereocenters. The minimum Gasteiger partial charge on any atom is -0.193 e. The Hall–Kier alpha value is -0.770. The van der Waals surface area contributed by atoms with Gasteiger partial charge in [-0.25, -0.2) is 0 Å². The number of hydrogen-bond donors (Lipinski definition) is 0. The van der Waals surface area contributed by atoms with E-state index in [1.54, 1.807) is 0 Å². The number of rotatable bonds is 0. The topological polar surface area (TPSA) is 23.8 Å². The molecule has 1 aliphatic rings. The Balaban J connectivity index is 2.59. The molecule has 1 nitrogen and oxygen atoms in total. The first kappa shape index (κ1) is 2.47. The Kier molecular flexibility index (Phi) is 0.290. The number of nitriles is 1. The lowest BCUT2D eigenvalue weighted by Gasteiger charge is -1.45. The zero-order valence-electron chi connectivity index (χ0n) is 2.73. The van der Waals surface area contributed by atoms with Crippen LogP contribution in [0.2, 0.25) is 0 Å². The van der Waals surface area contributed by atoms with Gasteiger partial charge in [0.1, 0.15) is 0 Å². The van der Waals surface area contributed by atoms with Crippen LogP contribution < -0.4 is 0 Å². The van der Waals surface area contributed by atoms with Crippen LogP contribution in [0, 0.1) is 11.3 Å². The summed E-state index contributed by atoms with van der Waals surface area (Å²) < 4.78 is 0. The third kappa shape index (κ3) is 0.273. The van der Waals surface area contributed by atoms with E-state index >= 15 is 0 Å². The van der Waals surface area contributed by atoms with Crippen molar-refractivity contribution in [3.05, 3.63) is 11.6 Å². The molecule has 24 valence electrons. The molecule has 0 N–H and O–H groups in total. The van der Waals surface area contributed by atoms with Crippen LogP contribution in [0.1, 0.15) is 6.42 Å². The summed E-state index contributed by atoms with van der Waals surface area (Å²) in [7, 11) is 0. The van der Waals surface area contributed by atoms with E-state index in [0.29, 0.717) is 0 Å². The van der Waals surface area contributed by atoms with Crippen molar-refractivity contribution in [3.63, 3.8) is 0 Å². The van der Waals surface area contributed by atoms with Crippen LogP contribution in [-0.2, 0) is 0 Å². The molecule has 5 heavy (non-hydrogen) atoms. The quantitative estimate of drug-likeness (QED) is 0.410. The Morgan fingerprint density at radius 1 is 2.00 bits per heavy atom. The third-order valence-electron chi connectivity index (χ3n) is 0.552. The summed E-state index contributed by atoms with van der Waals surface area (Å²) >= 11 is 0. The van der Waals surface area contributed by atoms with Gasteiger partial charge in [-0.15, -0.1) is 0 Å². The van der Waals surface area contributed by atoms with E-state index < -0.39 is 0 Å². The molecule has 0 aromatic rings. The van der Waals surface area contributed by atoms with Gasteiger partial charge in [0.25, 0.3) is 0 Å². The fourth-order valence-electron chi connectivity index (χ4n) is 0.142. The van der Waals surface area contributed by atoms with Crippen LogP contribution in [0.5, 0.6) is 0 Å². The molecule has 0 radical (unpaired) electrons. The molecule has 0 fully saturated rings. The summed E-state index contributed by atoms with van der Waals surface area (Å²) in [5, 5.41) is 7.89. The molecule has 0 aromatic heterocycles. The number of hydrogen-bond acceptors (Lipinski definition) is 1. The molecule has 0 spiro atoms. The lowest BCUT2D eigenvalue weighted by Crippen LogP contribution is -1.38. The maximum absolute atomic E-state index is 7.89. The average molecular weight is 65.1 g/mol. The van der Waals surface area contributed by atoms with Crippen LogP contribution in [0.3, 0.4) is 0 Å². The highest BCUT2D eigenvalue weighted by molar-refractivity contribution is 5.35. The van der Waals surface area contributed by atoms with Crippen molar-refractivity contribution < 1.29 is 0 Å². The highest BCUT2D eigenvalue weighted by atomic mass is 14.3. The van der Waals surface area contributed by atoms with E-state index in [2.05, 4.69) is 0 Å². The zero-order chi connectivity index (χ0) is 3.70. The molecule has 0 atom stereocenters. The summed E-state index contributed by atoms with van der Waals surface area (Å²) in [4.78, 5) is 0. The highest BCUT2D eigenvalue weighted by Gasteiger charge is 2.01. The summed E-state index contributed by atoms with van der Waals surface area (Å²) in [5.74, 6) is 0. The van der Waals surface area contributed by atoms with Crippen LogP contribution >= 0.6 is 0 Å². The van der Waals surface area contributed by atoms with E-state index in [0.717, 1.165) is 12.0 Å². The SMILES string of the molecule is N#CC1=CC1. The first-order valence-corrected chi connectivity index (χ1v) is 1.52. The molecule has 0 saturated carbocycles. The largest absolute Gasteiger partial charge is 0.193 e. The van der Waals surface area contributed by atoms with Crippen molar-refractivity contribution in [2.45, 2.75) is 6.42 Å². The van der Waals surface area contributed by atoms with Crippen molar-refractivity contribution in [2.75, 3.05) is 0 Å².